The molecule has 0 unspecified atom stereocenters. The van der Waals surface area contributed by atoms with Crippen molar-refractivity contribution >= 4 is 5.91 Å². The number of carbonyl (C=O) groups excluding carboxylic acids is 1. The Balaban J connectivity index is 2.39. The van der Waals surface area contributed by atoms with Crippen molar-refractivity contribution in [1.82, 2.24) is 4.90 Å². The minimum Gasteiger partial charge on any atom is -0.369 e. The van der Waals surface area contributed by atoms with E-state index in [0.29, 0.717) is 6.04 Å². The molecule has 1 rings (SSSR count). The normalized spacial score (nSPS) is 17.3. The summed E-state index contributed by atoms with van der Waals surface area (Å²) in [6.45, 7) is 7.01. The van der Waals surface area contributed by atoms with E-state index in [0.717, 1.165) is 6.54 Å². The first-order valence-corrected chi connectivity index (χ1v) is 6.06. The molecule has 1 amide bonds. The molecule has 0 N–H and O–H groups in total. The average molecular weight is 213 g/mol. The van der Waals surface area contributed by atoms with E-state index in [1.807, 2.05) is 25.7 Å². The van der Waals surface area contributed by atoms with Gasteiger partial charge in [-0.1, -0.05) is 12.8 Å². The van der Waals surface area contributed by atoms with E-state index in [2.05, 4.69) is 0 Å². The standard InChI is InChI=1S/C12H23NO2/c1-4-13(11-7-5-6-8-11)12(14)9-15-10(2)3/h10-11H,4-9H2,1-3H3. The summed E-state index contributed by atoms with van der Waals surface area (Å²) in [6, 6.07) is 0.471. The average Bonchev–Trinajstić information content (AvgIpc) is 2.69. The number of rotatable bonds is 5. The van der Waals surface area contributed by atoms with Gasteiger partial charge in [-0.05, 0) is 33.6 Å². The van der Waals surface area contributed by atoms with Crippen LogP contribution in [0.4, 0.5) is 0 Å². The molecule has 0 bridgehead atoms. The zero-order valence-electron chi connectivity index (χ0n) is 10.2. The zero-order chi connectivity index (χ0) is 11.3. The van der Waals surface area contributed by atoms with Crippen LogP contribution in [-0.4, -0.2) is 36.1 Å². The fraction of sp³-hybridized carbons (Fsp3) is 0.917. The molecular weight excluding hydrogens is 190 g/mol. The molecule has 0 aromatic carbocycles. The second kappa shape index (κ2) is 6.11. The van der Waals surface area contributed by atoms with Gasteiger partial charge in [0, 0.05) is 12.6 Å². The molecule has 1 saturated carbocycles. The largest absolute Gasteiger partial charge is 0.369 e. The summed E-state index contributed by atoms with van der Waals surface area (Å²) in [7, 11) is 0. The van der Waals surface area contributed by atoms with Crippen LogP contribution in [-0.2, 0) is 9.53 Å². The van der Waals surface area contributed by atoms with Gasteiger partial charge in [0.25, 0.3) is 0 Å². The number of hydrogen-bond donors (Lipinski definition) is 0. The summed E-state index contributed by atoms with van der Waals surface area (Å²) in [5.41, 5.74) is 0. The minimum atomic E-state index is 0.135. The van der Waals surface area contributed by atoms with E-state index in [9.17, 15) is 4.79 Å². The molecule has 1 fully saturated rings. The predicted molar refractivity (Wildman–Crippen MR) is 60.7 cm³/mol. The molecule has 0 aliphatic heterocycles. The van der Waals surface area contributed by atoms with Gasteiger partial charge in [-0.2, -0.15) is 0 Å². The summed E-state index contributed by atoms with van der Waals surface area (Å²) in [6.07, 6.45) is 5.00. The van der Waals surface area contributed by atoms with E-state index in [4.69, 9.17) is 4.74 Å². The number of amides is 1. The molecule has 0 radical (unpaired) electrons. The number of ether oxygens (including phenoxy) is 1. The topological polar surface area (TPSA) is 29.5 Å². The van der Waals surface area contributed by atoms with Crippen molar-refractivity contribution in [3.8, 4) is 0 Å². The molecule has 0 aromatic rings. The highest BCUT2D eigenvalue weighted by Gasteiger charge is 2.25. The lowest BCUT2D eigenvalue weighted by atomic mass is 10.2. The van der Waals surface area contributed by atoms with Crippen molar-refractivity contribution in [3.05, 3.63) is 0 Å². The van der Waals surface area contributed by atoms with Gasteiger partial charge >= 0.3 is 0 Å². The monoisotopic (exact) mass is 213 g/mol. The van der Waals surface area contributed by atoms with Crippen molar-refractivity contribution < 1.29 is 9.53 Å². The van der Waals surface area contributed by atoms with E-state index < -0.39 is 0 Å². The molecule has 0 aromatic heterocycles. The van der Waals surface area contributed by atoms with Crippen LogP contribution >= 0.6 is 0 Å². The van der Waals surface area contributed by atoms with Crippen LogP contribution in [0.2, 0.25) is 0 Å². The third-order valence-electron chi connectivity index (χ3n) is 2.97. The summed E-state index contributed by atoms with van der Waals surface area (Å²) < 4.78 is 5.35. The van der Waals surface area contributed by atoms with Crippen LogP contribution in [0.15, 0.2) is 0 Å². The Kier molecular flexibility index (Phi) is 5.09. The molecule has 1 aliphatic carbocycles. The fourth-order valence-corrected chi connectivity index (χ4v) is 2.17. The number of likely N-dealkylation sites (N-methyl/N-ethyl adjacent to an activating group) is 1. The highest BCUT2D eigenvalue weighted by molar-refractivity contribution is 5.77. The van der Waals surface area contributed by atoms with Crippen LogP contribution in [0.25, 0.3) is 0 Å². The zero-order valence-corrected chi connectivity index (χ0v) is 10.2. The van der Waals surface area contributed by atoms with Gasteiger partial charge in [0.15, 0.2) is 0 Å². The van der Waals surface area contributed by atoms with Gasteiger partial charge in [-0.15, -0.1) is 0 Å². The maximum absolute atomic E-state index is 11.9. The number of nitrogens with zero attached hydrogens (tertiary/aromatic N) is 1. The van der Waals surface area contributed by atoms with Crippen LogP contribution in [0.3, 0.4) is 0 Å². The van der Waals surface area contributed by atoms with Crippen molar-refractivity contribution in [2.24, 2.45) is 0 Å². The predicted octanol–water partition coefficient (Wildman–Crippen LogP) is 2.20. The van der Waals surface area contributed by atoms with E-state index in [1.165, 1.54) is 25.7 Å². The van der Waals surface area contributed by atoms with E-state index >= 15 is 0 Å². The lowest BCUT2D eigenvalue weighted by Gasteiger charge is -2.27. The summed E-state index contributed by atoms with van der Waals surface area (Å²) in [5, 5.41) is 0. The van der Waals surface area contributed by atoms with Crippen LogP contribution in [0, 0.1) is 0 Å². The van der Waals surface area contributed by atoms with Gasteiger partial charge in [0.1, 0.15) is 6.61 Å². The Hall–Kier alpha value is -0.570. The van der Waals surface area contributed by atoms with Crippen LogP contribution in [0.5, 0.6) is 0 Å². The molecule has 0 heterocycles. The van der Waals surface area contributed by atoms with Crippen LogP contribution in [0.1, 0.15) is 46.5 Å². The molecule has 15 heavy (non-hydrogen) atoms. The molecular formula is C12H23NO2. The maximum Gasteiger partial charge on any atom is 0.248 e. The Morgan fingerprint density at radius 1 is 1.40 bits per heavy atom. The smallest absolute Gasteiger partial charge is 0.248 e. The molecule has 0 saturated heterocycles. The highest BCUT2D eigenvalue weighted by atomic mass is 16.5. The minimum absolute atomic E-state index is 0.135. The molecule has 88 valence electrons. The van der Waals surface area contributed by atoms with Gasteiger partial charge in [-0.25, -0.2) is 0 Å². The maximum atomic E-state index is 11.9. The number of hydrogen-bond acceptors (Lipinski definition) is 2. The number of carbonyl (C=O) groups is 1. The SMILES string of the molecule is CCN(C(=O)COC(C)C)C1CCCC1. The van der Waals surface area contributed by atoms with Gasteiger partial charge in [0.05, 0.1) is 6.10 Å². The molecule has 0 atom stereocenters. The summed E-state index contributed by atoms with van der Waals surface area (Å²) >= 11 is 0. The Morgan fingerprint density at radius 2 is 2.00 bits per heavy atom. The molecule has 0 spiro atoms. The molecule has 1 aliphatic rings. The summed E-state index contributed by atoms with van der Waals surface area (Å²) in [4.78, 5) is 13.8. The summed E-state index contributed by atoms with van der Waals surface area (Å²) in [5.74, 6) is 0.151. The second-order valence-corrected chi connectivity index (χ2v) is 4.48. The van der Waals surface area contributed by atoms with Crippen LogP contribution < -0.4 is 0 Å². The first-order chi connectivity index (χ1) is 7.15. The first-order valence-electron chi connectivity index (χ1n) is 6.06. The fourth-order valence-electron chi connectivity index (χ4n) is 2.17. The second-order valence-electron chi connectivity index (χ2n) is 4.48. The van der Waals surface area contributed by atoms with Crippen molar-refractivity contribution in [3.63, 3.8) is 0 Å². The first kappa shape index (κ1) is 12.5. The highest BCUT2D eigenvalue weighted by Crippen LogP contribution is 2.23. The van der Waals surface area contributed by atoms with E-state index in [-0.39, 0.29) is 18.6 Å². The van der Waals surface area contributed by atoms with Crippen molar-refractivity contribution in [1.29, 1.82) is 0 Å². The Bertz CT molecular complexity index is 198. The van der Waals surface area contributed by atoms with E-state index in [1.54, 1.807) is 0 Å². The molecule has 3 nitrogen and oxygen atoms in total. The van der Waals surface area contributed by atoms with Gasteiger partial charge in [-0.3, -0.25) is 4.79 Å². The Labute approximate surface area is 92.8 Å². The third-order valence-corrected chi connectivity index (χ3v) is 2.97. The van der Waals surface area contributed by atoms with Crippen molar-refractivity contribution in [2.75, 3.05) is 13.2 Å². The van der Waals surface area contributed by atoms with Crippen molar-refractivity contribution in [2.45, 2.75) is 58.6 Å². The molecule has 3 heteroatoms. The lowest BCUT2D eigenvalue weighted by molar-refractivity contribution is -0.139. The quantitative estimate of drug-likeness (QED) is 0.700. The third kappa shape index (κ3) is 3.82. The van der Waals surface area contributed by atoms with Gasteiger partial charge in [0.2, 0.25) is 5.91 Å². The van der Waals surface area contributed by atoms with Gasteiger partial charge < -0.3 is 9.64 Å². The lowest BCUT2D eigenvalue weighted by Crippen LogP contribution is -2.41. The Morgan fingerprint density at radius 3 is 2.47 bits per heavy atom.